The molecule has 0 saturated carbocycles. The lowest BCUT2D eigenvalue weighted by Crippen LogP contribution is -2.29. The number of amides is 1. The highest BCUT2D eigenvalue weighted by molar-refractivity contribution is 5.95. The van der Waals surface area contributed by atoms with E-state index in [2.05, 4.69) is 0 Å². The lowest BCUT2D eigenvalue weighted by Gasteiger charge is -2.15. The number of carbonyl (C=O) groups is 1. The summed E-state index contributed by atoms with van der Waals surface area (Å²) in [5.74, 6) is -0.230. The van der Waals surface area contributed by atoms with Gasteiger partial charge in [-0.05, 0) is 24.6 Å². The number of aromatic hydroxyl groups is 1. The first-order chi connectivity index (χ1) is 7.99. The van der Waals surface area contributed by atoms with Crippen molar-refractivity contribution in [1.29, 1.82) is 0 Å². The highest BCUT2D eigenvalue weighted by atomic mass is 16.3. The van der Waals surface area contributed by atoms with Crippen molar-refractivity contribution < 1.29 is 20.1 Å². The van der Waals surface area contributed by atoms with Gasteiger partial charge in [-0.1, -0.05) is 6.07 Å². The molecule has 2 unspecified atom stereocenters. The molecule has 0 bridgehead atoms. The average molecular weight is 237 g/mol. The van der Waals surface area contributed by atoms with Gasteiger partial charge in [0, 0.05) is 18.7 Å². The Labute approximate surface area is 98.9 Å². The summed E-state index contributed by atoms with van der Waals surface area (Å²) in [7, 11) is 0. The smallest absolute Gasteiger partial charge is 0.254 e. The van der Waals surface area contributed by atoms with Gasteiger partial charge in [-0.15, -0.1) is 0 Å². The molecule has 0 aliphatic carbocycles. The molecular formula is C12H15NO4. The molecule has 0 aromatic heterocycles. The topological polar surface area (TPSA) is 81.0 Å². The summed E-state index contributed by atoms with van der Waals surface area (Å²) in [6.45, 7) is 1.98. The minimum atomic E-state index is -0.891. The summed E-state index contributed by atoms with van der Waals surface area (Å²) in [6.07, 6.45) is -1.78. The Morgan fingerprint density at radius 1 is 1.29 bits per heavy atom. The molecule has 1 aliphatic rings. The van der Waals surface area contributed by atoms with Crippen LogP contribution < -0.4 is 0 Å². The summed E-state index contributed by atoms with van der Waals surface area (Å²) in [5.41, 5.74) is 1.05. The lowest BCUT2D eigenvalue weighted by atomic mass is 10.1. The van der Waals surface area contributed by atoms with Crippen molar-refractivity contribution in [2.24, 2.45) is 0 Å². The van der Waals surface area contributed by atoms with Gasteiger partial charge in [0.05, 0.1) is 12.2 Å². The minimum Gasteiger partial charge on any atom is -0.508 e. The molecule has 1 saturated heterocycles. The molecular weight excluding hydrogens is 222 g/mol. The highest BCUT2D eigenvalue weighted by Crippen LogP contribution is 2.20. The predicted octanol–water partition coefficient (Wildman–Crippen LogP) is -0.122. The second kappa shape index (κ2) is 4.35. The first-order valence-corrected chi connectivity index (χ1v) is 5.44. The molecule has 0 spiro atoms. The van der Waals surface area contributed by atoms with E-state index >= 15 is 0 Å². The average Bonchev–Trinajstić information content (AvgIpc) is 2.62. The van der Waals surface area contributed by atoms with E-state index in [1.54, 1.807) is 19.1 Å². The first-order valence-electron chi connectivity index (χ1n) is 5.44. The molecule has 1 fully saturated rings. The molecule has 1 aromatic rings. The molecule has 2 rings (SSSR count). The van der Waals surface area contributed by atoms with Gasteiger partial charge >= 0.3 is 0 Å². The Bertz CT molecular complexity index is 436. The Hall–Kier alpha value is -1.59. The van der Waals surface area contributed by atoms with Gasteiger partial charge in [0.2, 0.25) is 0 Å². The maximum atomic E-state index is 12.0. The van der Waals surface area contributed by atoms with Crippen LogP contribution in [0.15, 0.2) is 18.2 Å². The van der Waals surface area contributed by atoms with Crippen molar-refractivity contribution in [3.05, 3.63) is 29.3 Å². The largest absolute Gasteiger partial charge is 0.508 e. The monoisotopic (exact) mass is 237 g/mol. The quantitative estimate of drug-likeness (QED) is 0.636. The van der Waals surface area contributed by atoms with E-state index in [4.69, 9.17) is 0 Å². The third-order valence-electron chi connectivity index (χ3n) is 3.00. The van der Waals surface area contributed by atoms with E-state index in [1.807, 2.05) is 0 Å². The zero-order valence-corrected chi connectivity index (χ0v) is 9.50. The zero-order valence-electron chi connectivity index (χ0n) is 9.50. The standard InChI is InChI=1S/C12H15NO4/c1-7-2-3-8(4-9(7)14)12(17)13-5-10(15)11(16)6-13/h2-4,10-11,14-16H,5-6H2,1H3. The van der Waals surface area contributed by atoms with E-state index in [0.29, 0.717) is 11.1 Å². The second-order valence-electron chi connectivity index (χ2n) is 4.35. The van der Waals surface area contributed by atoms with Gasteiger partial charge in [-0.25, -0.2) is 0 Å². The van der Waals surface area contributed by atoms with Crippen LogP contribution in [0.5, 0.6) is 5.75 Å². The molecule has 5 nitrogen and oxygen atoms in total. The van der Waals surface area contributed by atoms with Gasteiger partial charge in [0.25, 0.3) is 5.91 Å². The minimum absolute atomic E-state index is 0.0659. The number of rotatable bonds is 1. The molecule has 5 heteroatoms. The van der Waals surface area contributed by atoms with Crippen LogP contribution in [0.2, 0.25) is 0 Å². The third-order valence-corrected chi connectivity index (χ3v) is 3.00. The Balaban J connectivity index is 2.17. The molecule has 92 valence electrons. The number of hydrogen-bond donors (Lipinski definition) is 3. The van der Waals surface area contributed by atoms with Crippen LogP contribution in [0.3, 0.4) is 0 Å². The molecule has 17 heavy (non-hydrogen) atoms. The van der Waals surface area contributed by atoms with E-state index in [-0.39, 0.29) is 24.7 Å². The van der Waals surface area contributed by atoms with Gasteiger partial charge < -0.3 is 20.2 Å². The number of nitrogens with zero attached hydrogens (tertiary/aromatic N) is 1. The number of hydrogen-bond acceptors (Lipinski definition) is 4. The van der Waals surface area contributed by atoms with E-state index in [9.17, 15) is 20.1 Å². The Morgan fingerprint density at radius 3 is 2.41 bits per heavy atom. The molecule has 1 aromatic carbocycles. The van der Waals surface area contributed by atoms with Crippen molar-refractivity contribution in [2.45, 2.75) is 19.1 Å². The van der Waals surface area contributed by atoms with Gasteiger partial charge in [-0.2, -0.15) is 0 Å². The number of aliphatic hydroxyl groups excluding tert-OH is 2. The van der Waals surface area contributed by atoms with Crippen LogP contribution in [0, 0.1) is 6.92 Å². The zero-order chi connectivity index (χ0) is 12.6. The summed E-state index contributed by atoms with van der Waals surface area (Å²) >= 11 is 0. The fraction of sp³-hybridized carbons (Fsp3) is 0.417. The summed E-state index contributed by atoms with van der Waals surface area (Å²) in [4.78, 5) is 13.4. The molecule has 0 radical (unpaired) electrons. The third kappa shape index (κ3) is 2.25. The fourth-order valence-corrected chi connectivity index (χ4v) is 1.86. The molecule has 2 atom stereocenters. The highest BCUT2D eigenvalue weighted by Gasteiger charge is 2.32. The number of phenolic OH excluding ortho intramolecular Hbond substituents is 1. The predicted molar refractivity (Wildman–Crippen MR) is 60.8 cm³/mol. The van der Waals surface area contributed by atoms with Crippen LogP contribution >= 0.6 is 0 Å². The van der Waals surface area contributed by atoms with Crippen LogP contribution in [0.1, 0.15) is 15.9 Å². The number of likely N-dealkylation sites (tertiary alicyclic amines) is 1. The lowest BCUT2D eigenvalue weighted by molar-refractivity contribution is 0.0572. The molecule has 1 aliphatic heterocycles. The number of phenols is 1. The summed E-state index contributed by atoms with van der Waals surface area (Å²) in [5, 5.41) is 28.3. The normalized spacial score (nSPS) is 24.1. The van der Waals surface area contributed by atoms with Crippen molar-refractivity contribution in [3.63, 3.8) is 0 Å². The number of aliphatic hydroxyl groups is 2. The van der Waals surface area contributed by atoms with E-state index in [0.717, 1.165) is 0 Å². The fourth-order valence-electron chi connectivity index (χ4n) is 1.86. The van der Waals surface area contributed by atoms with Gasteiger partial charge in [0.1, 0.15) is 5.75 Å². The summed E-state index contributed by atoms with van der Waals surface area (Å²) < 4.78 is 0. The van der Waals surface area contributed by atoms with Crippen LogP contribution in [-0.4, -0.2) is 51.4 Å². The van der Waals surface area contributed by atoms with Crippen LogP contribution in [0.4, 0.5) is 0 Å². The SMILES string of the molecule is Cc1ccc(C(=O)N2CC(O)C(O)C2)cc1O. The number of carbonyl (C=O) groups excluding carboxylic acids is 1. The summed E-state index contributed by atoms with van der Waals surface area (Å²) in [6, 6.07) is 4.68. The molecule has 1 heterocycles. The maximum absolute atomic E-state index is 12.0. The van der Waals surface area contributed by atoms with Crippen molar-refractivity contribution in [3.8, 4) is 5.75 Å². The van der Waals surface area contributed by atoms with Gasteiger partial charge in [0.15, 0.2) is 0 Å². The van der Waals surface area contributed by atoms with Gasteiger partial charge in [-0.3, -0.25) is 4.79 Å². The molecule has 3 N–H and O–H groups in total. The maximum Gasteiger partial charge on any atom is 0.254 e. The van der Waals surface area contributed by atoms with Crippen molar-refractivity contribution in [1.82, 2.24) is 4.90 Å². The number of β-amino-alcohol motifs (C(OH)–C–C–N with tert-alkyl or cyclic N) is 2. The first kappa shape index (κ1) is 11.9. The number of aryl methyl sites for hydroxylation is 1. The Kier molecular flexibility index (Phi) is 3.04. The van der Waals surface area contributed by atoms with Crippen LogP contribution in [0.25, 0.3) is 0 Å². The van der Waals surface area contributed by atoms with Crippen molar-refractivity contribution in [2.75, 3.05) is 13.1 Å². The van der Waals surface area contributed by atoms with E-state index in [1.165, 1.54) is 11.0 Å². The van der Waals surface area contributed by atoms with E-state index < -0.39 is 12.2 Å². The molecule has 1 amide bonds. The van der Waals surface area contributed by atoms with Crippen LogP contribution in [-0.2, 0) is 0 Å². The number of benzene rings is 1. The second-order valence-corrected chi connectivity index (χ2v) is 4.35. The van der Waals surface area contributed by atoms with Crippen molar-refractivity contribution >= 4 is 5.91 Å². The Morgan fingerprint density at radius 2 is 1.88 bits per heavy atom.